The van der Waals surface area contributed by atoms with Gasteiger partial charge in [-0.3, -0.25) is 4.98 Å². The molecule has 1 saturated carbocycles. The lowest BCUT2D eigenvalue weighted by molar-refractivity contribution is -0.114. The second-order valence-corrected chi connectivity index (χ2v) is 5.44. The molecule has 1 aliphatic carbocycles. The molecule has 0 aliphatic heterocycles. The Labute approximate surface area is 108 Å². The minimum atomic E-state index is 0.174. The molecule has 0 radical (unpaired) electrons. The topological polar surface area (TPSA) is 54.4 Å². The summed E-state index contributed by atoms with van der Waals surface area (Å²) < 4.78 is 5.70. The lowest BCUT2D eigenvalue weighted by atomic mass is 9.64. The molecule has 2 atom stereocenters. The van der Waals surface area contributed by atoms with Gasteiger partial charge in [0.05, 0.1) is 18.0 Å². The Bertz CT molecular complexity index is 389. The summed E-state index contributed by atoms with van der Waals surface area (Å²) in [7, 11) is 0. The normalized spacial score (nSPS) is 25.7. The summed E-state index contributed by atoms with van der Waals surface area (Å²) in [6.07, 6.45) is 2.89. The Morgan fingerprint density at radius 2 is 2.28 bits per heavy atom. The van der Waals surface area contributed by atoms with Crippen LogP contribution in [0.1, 0.15) is 32.9 Å². The van der Waals surface area contributed by atoms with Gasteiger partial charge in [0.15, 0.2) is 0 Å². The number of aromatic nitrogens is 1. The van der Waals surface area contributed by atoms with Crippen LogP contribution in [0, 0.1) is 5.41 Å². The molecule has 1 aromatic rings. The van der Waals surface area contributed by atoms with Crippen LogP contribution in [0.3, 0.4) is 0 Å². The smallest absolute Gasteiger partial charge is 0.133 e. The largest absolute Gasteiger partial charge is 0.506 e. The summed E-state index contributed by atoms with van der Waals surface area (Å²) >= 11 is 0. The van der Waals surface area contributed by atoms with Crippen molar-refractivity contribution < 1.29 is 9.84 Å². The van der Waals surface area contributed by atoms with Gasteiger partial charge in [-0.15, -0.1) is 0 Å². The van der Waals surface area contributed by atoms with Crippen LogP contribution in [0.25, 0.3) is 0 Å². The van der Waals surface area contributed by atoms with E-state index in [0.717, 1.165) is 25.3 Å². The fourth-order valence-electron chi connectivity index (χ4n) is 2.46. The van der Waals surface area contributed by atoms with Crippen molar-refractivity contribution in [1.82, 2.24) is 10.3 Å². The molecule has 2 unspecified atom stereocenters. The van der Waals surface area contributed by atoms with E-state index in [1.165, 1.54) is 6.20 Å². The minimum Gasteiger partial charge on any atom is -0.506 e. The van der Waals surface area contributed by atoms with Gasteiger partial charge in [-0.1, -0.05) is 13.8 Å². The summed E-state index contributed by atoms with van der Waals surface area (Å²) in [6, 6.07) is 3.97. The van der Waals surface area contributed by atoms with Crippen molar-refractivity contribution in [1.29, 1.82) is 0 Å². The van der Waals surface area contributed by atoms with Crippen LogP contribution in [-0.4, -0.2) is 28.8 Å². The van der Waals surface area contributed by atoms with Gasteiger partial charge >= 0.3 is 0 Å². The number of aromatic hydroxyl groups is 1. The lowest BCUT2D eigenvalue weighted by Gasteiger charge is -2.51. The SMILES string of the molecule is CCOC1CC(NCc2ccc(O)cn2)C1(C)C. The first-order valence-corrected chi connectivity index (χ1v) is 6.53. The van der Waals surface area contributed by atoms with E-state index < -0.39 is 0 Å². The number of nitrogens with zero attached hydrogens (tertiary/aromatic N) is 1. The third-order valence-corrected chi connectivity index (χ3v) is 3.88. The van der Waals surface area contributed by atoms with Crippen LogP contribution in [0.4, 0.5) is 0 Å². The minimum absolute atomic E-state index is 0.174. The average molecular weight is 250 g/mol. The number of nitrogens with one attached hydrogen (secondary N) is 1. The molecule has 18 heavy (non-hydrogen) atoms. The van der Waals surface area contributed by atoms with Gasteiger partial charge in [-0.05, 0) is 25.5 Å². The maximum absolute atomic E-state index is 9.17. The molecule has 1 aliphatic rings. The van der Waals surface area contributed by atoms with E-state index in [9.17, 15) is 0 Å². The average Bonchev–Trinajstić information content (AvgIpc) is 2.35. The first kappa shape index (κ1) is 13.3. The Balaban J connectivity index is 1.83. The van der Waals surface area contributed by atoms with Crippen LogP contribution < -0.4 is 5.32 Å². The highest BCUT2D eigenvalue weighted by molar-refractivity contribution is 5.18. The van der Waals surface area contributed by atoms with Gasteiger partial charge < -0.3 is 15.2 Å². The molecule has 4 heteroatoms. The van der Waals surface area contributed by atoms with Crippen molar-refractivity contribution in [2.75, 3.05) is 6.61 Å². The van der Waals surface area contributed by atoms with E-state index in [2.05, 4.69) is 24.1 Å². The Kier molecular flexibility index (Phi) is 3.88. The van der Waals surface area contributed by atoms with Crippen LogP contribution in [0.2, 0.25) is 0 Å². The van der Waals surface area contributed by atoms with Crippen molar-refractivity contribution in [3.8, 4) is 5.75 Å². The zero-order valence-corrected chi connectivity index (χ0v) is 11.3. The van der Waals surface area contributed by atoms with Gasteiger partial charge in [0, 0.05) is 24.6 Å². The number of pyridine rings is 1. The molecule has 0 bridgehead atoms. The fourth-order valence-corrected chi connectivity index (χ4v) is 2.46. The maximum Gasteiger partial charge on any atom is 0.133 e. The zero-order valence-electron chi connectivity index (χ0n) is 11.3. The first-order valence-electron chi connectivity index (χ1n) is 6.53. The highest BCUT2D eigenvalue weighted by Gasteiger charge is 2.48. The monoisotopic (exact) mass is 250 g/mol. The number of rotatable bonds is 5. The van der Waals surface area contributed by atoms with E-state index in [4.69, 9.17) is 9.84 Å². The molecule has 100 valence electrons. The van der Waals surface area contributed by atoms with Crippen LogP contribution in [0.15, 0.2) is 18.3 Å². The summed E-state index contributed by atoms with van der Waals surface area (Å²) in [5.41, 5.74) is 1.12. The summed E-state index contributed by atoms with van der Waals surface area (Å²) in [4.78, 5) is 4.17. The molecule has 0 spiro atoms. The summed E-state index contributed by atoms with van der Waals surface area (Å²) in [5, 5.41) is 12.7. The standard InChI is InChI=1S/C14H22N2O2/c1-4-18-13-7-12(14(13,2)3)16-8-10-5-6-11(17)9-15-10/h5-6,9,12-13,16-17H,4,7-8H2,1-3H3. The van der Waals surface area contributed by atoms with E-state index in [1.807, 2.05) is 13.0 Å². The Morgan fingerprint density at radius 3 is 2.83 bits per heavy atom. The molecule has 2 N–H and O–H groups in total. The first-order chi connectivity index (χ1) is 8.54. The quantitative estimate of drug-likeness (QED) is 0.840. The van der Waals surface area contributed by atoms with Crippen LogP contribution >= 0.6 is 0 Å². The van der Waals surface area contributed by atoms with Gasteiger partial charge in [0.25, 0.3) is 0 Å². The van der Waals surface area contributed by atoms with Crippen LogP contribution in [-0.2, 0) is 11.3 Å². The molecule has 2 rings (SSSR count). The third kappa shape index (κ3) is 2.65. The molecule has 4 nitrogen and oxygen atoms in total. The molecule has 1 heterocycles. The molecular formula is C14H22N2O2. The number of hydrogen-bond acceptors (Lipinski definition) is 4. The number of ether oxygens (including phenoxy) is 1. The predicted molar refractivity (Wildman–Crippen MR) is 70.3 cm³/mol. The number of hydrogen-bond donors (Lipinski definition) is 2. The van der Waals surface area contributed by atoms with Crippen LogP contribution in [0.5, 0.6) is 5.75 Å². The van der Waals surface area contributed by atoms with Crippen molar-refractivity contribution in [2.45, 2.75) is 45.9 Å². The van der Waals surface area contributed by atoms with Crippen molar-refractivity contribution in [2.24, 2.45) is 5.41 Å². The molecule has 0 aromatic carbocycles. The predicted octanol–water partition coefficient (Wildman–Crippen LogP) is 2.08. The Hall–Kier alpha value is -1.13. The van der Waals surface area contributed by atoms with Gasteiger partial charge in [0.1, 0.15) is 5.75 Å². The van der Waals surface area contributed by atoms with E-state index in [0.29, 0.717) is 12.1 Å². The third-order valence-electron chi connectivity index (χ3n) is 3.88. The van der Waals surface area contributed by atoms with E-state index >= 15 is 0 Å². The highest BCUT2D eigenvalue weighted by Crippen LogP contribution is 2.42. The highest BCUT2D eigenvalue weighted by atomic mass is 16.5. The van der Waals surface area contributed by atoms with Gasteiger partial charge in [-0.2, -0.15) is 0 Å². The summed E-state index contributed by atoms with van der Waals surface area (Å²) in [5.74, 6) is 0.208. The molecular weight excluding hydrogens is 228 g/mol. The van der Waals surface area contributed by atoms with E-state index in [1.54, 1.807) is 6.07 Å². The van der Waals surface area contributed by atoms with Crippen molar-refractivity contribution in [3.05, 3.63) is 24.0 Å². The fraction of sp³-hybridized carbons (Fsp3) is 0.643. The Morgan fingerprint density at radius 1 is 1.50 bits per heavy atom. The van der Waals surface area contributed by atoms with Gasteiger partial charge in [-0.25, -0.2) is 0 Å². The molecule has 1 fully saturated rings. The lowest BCUT2D eigenvalue weighted by Crippen LogP contribution is -2.60. The maximum atomic E-state index is 9.17. The van der Waals surface area contributed by atoms with Gasteiger partial charge in [0.2, 0.25) is 0 Å². The molecule has 0 saturated heterocycles. The molecule has 1 aromatic heterocycles. The molecule has 0 amide bonds. The second-order valence-electron chi connectivity index (χ2n) is 5.44. The summed E-state index contributed by atoms with van der Waals surface area (Å²) in [6.45, 7) is 8.02. The zero-order chi connectivity index (χ0) is 13.2. The van der Waals surface area contributed by atoms with Crippen molar-refractivity contribution >= 4 is 0 Å². The van der Waals surface area contributed by atoms with Crippen molar-refractivity contribution in [3.63, 3.8) is 0 Å². The second kappa shape index (κ2) is 5.24. The van der Waals surface area contributed by atoms with E-state index in [-0.39, 0.29) is 11.2 Å².